The van der Waals surface area contributed by atoms with Crippen LogP contribution in [0.3, 0.4) is 0 Å². The third-order valence-corrected chi connectivity index (χ3v) is 5.05. The second kappa shape index (κ2) is 6.39. The minimum absolute atomic E-state index is 0.161. The van der Waals surface area contributed by atoms with Crippen molar-refractivity contribution in [3.8, 4) is 11.3 Å². The summed E-state index contributed by atoms with van der Waals surface area (Å²) in [5.74, 6) is 0.989. The van der Waals surface area contributed by atoms with Crippen LogP contribution in [0.2, 0.25) is 0 Å². The minimum Gasteiger partial charge on any atom is -0.334 e. The largest absolute Gasteiger partial charge is 0.334 e. The predicted molar refractivity (Wildman–Crippen MR) is 105 cm³/mol. The van der Waals surface area contributed by atoms with E-state index in [0.717, 1.165) is 46.6 Å². The number of aryl methyl sites for hydroxylation is 2. The molecule has 0 fully saturated rings. The molecule has 0 unspecified atom stereocenters. The number of rotatable bonds is 3. The molecule has 1 aliphatic heterocycles. The fraction of sp³-hybridized carbons (Fsp3) is 0.190. The van der Waals surface area contributed by atoms with Gasteiger partial charge in [-0.25, -0.2) is 4.98 Å². The molecule has 2 N–H and O–H groups in total. The number of amides is 1. The number of nitrogens with one attached hydrogen (secondary N) is 2. The van der Waals surface area contributed by atoms with Gasteiger partial charge in [0.25, 0.3) is 5.91 Å². The number of nitrogens with zero attached hydrogens (tertiary/aromatic N) is 3. The van der Waals surface area contributed by atoms with Crippen molar-refractivity contribution in [3.05, 3.63) is 66.2 Å². The van der Waals surface area contributed by atoms with Crippen LogP contribution >= 0.6 is 0 Å². The zero-order valence-electron chi connectivity index (χ0n) is 14.8. The average Bonchev–Trinajstić information content (AvgIpc) is 3.34. The number of aromatic amines is 1. The van der Waals surface area contributed by atoms with E-state index < -0.39 is 0 Å². The van der Waals surface area contributed by atoms with Crippen LogP contribution in [-0.4, -0.2) is 25.7 Å². The number of imidazole rings is 1. The van der Waals surface area contributed by atoms with Crippen molar-refractivity contribution in [2.75, 3.05) is 5.32 Å². The maximum atomic E-state index is 12.8. The summed E-state index contributed by atoms with van der Waals surface area (Å²) in [5.41, 5.74) is 4.04. The van der Waals surface area contributed by atoms with Gasteiger partial charge in [0.15, 0.2) is 0 Å². The number of carbonyl (C=O) groups is 1. The number of para-hydroxylation sites is 1. The normalized spacial score (nSPS) is 13.5. The van der Waals surface area contributed by atoms with Crippen LogP contribution < -0.4 is 5.32 Å². The second-order valence-electron chi connectivity index (χ2n) is 6.87. The number of carbonyl (C=O) groups excluding carboxylic acids is 1. The van der Waals surface area contributed by atoms with Crippen molar-refractivity contribution in [2.24, 2.45) is 0 Å². The van der Waals surface area contributed by atoms with Gasteiger partial charge in [0.1, 0.15) is 5.82 Å². The Balaban J connectivity index is 1.43. The third kappa shape index (κ3) is 2.89. The molecule has 1 aliphatic rings. The Bertz CT molecular complexity index is 1120. The molecule has 0 spiro atoms. The van der Waals surface area contributed by atoms with E-state index in [4.69, 9.17) is 4.98 Å². The molecular formula is C21H19N5O. The zero-order chi connectivity index (χ0) is 18.2. The monoisotopic (exact) mass is 357 g/mol. The summed E-state index contributed by atoms with van der Waals surface area (Å²) >= 11 is 0. The number of hydrogen-bond acceptors (Lipinski definition) is 3. The molecule has 0 atom stereocenters. The van der Waals surface area contributed by atoms with E-state index in [2.05, 4.69) is 26.3 Å². The van der Waals surface area contributed by atoms with E-state index in [-0.39, 0.29) is 5.91 Å². The van der Waals surface area contributed by atoms with Crippen LogP contribution in [0.1, 0.15) is 29.0 Å². The summed E-state index contributed by atoms with van der Waals surface area (Å²) < 4.78 is 2.24. The molecule has 0 saturated carbocycles. The van der Waals surface area contributed by atoms with Crippen molar-refractivity contribution in [2.45, 2.75) is 25.8 Å². The molecular weight excluding hydrogens is 338 g/mol. The van der Waals surface area contributed by atoms with Gasteiger partial charge in [-0.15, -0.1) is 0 Å². The van der Waals surface area contributed by atoms with Gasteiger partial charge >= 0.3 is 0 Å². The SMILES string of the molecule is O=C(Nc1cccc(-c2cn3c(n2)CCCC3)c1)c1cccc2cn[nH]c12. The van der Waals surface area contributed by atoms with Gasteiger partial charge in [-0.05, 0) is 31.0 Å². The Kier molecular flexibility index (Phi) is 3.74. The smallest absolute Gasteiger partial charge is 0.257 e. The molecule has 6 heteroatoms. The number of benzene rings is 2. The molecule has 4 aromatic rings. The van der Waals surface area contributed by atoms with Crippen LogP contribution in [0, 0.1) is 0 Å². The highest BCUT2D eigenvalue weighted by atomic mass is 16.1. The van der Waals surface area contributed by atoms with Gasteiger partial charge in [-0.2, -0.15) is 5.10 Å². The standard InChI is InChI=1S/C21H19N5O/c27-21(17-8-4-6-15-12-22-25-20(15)17)23-16-7-3-5-14(11-16)18-13-26-10-2-1-9-19(26)24-18/h3-8,11-13H,1-2,9-10H2,(H,22,25)(H,23,27). The fourth-order valence-corrected chi connectivity index (χ4v) is 3.66. The lowest BCUT2D eigenvalue weighted by Crippen LogP contribution is -2.12. The summed E-state index contributed by atoms with van der Waals surface area (Å²) in [6, 6.07) is 13.4. The van der Waals surface area contributed by atoms with Crippen molar-refractivity contribution in [1.82, 2.24) is 19.7 Å². The topological polar surface area (TPSA) is 75.6 Å². The molecule has 0 bridgehead atoms. The number of hydrogen-bond donors (Lipinski definition) is 2. The summed E-state index contributed by atoms with van der Waals surface area (Å²) in [5, 5.41) is 10.8. The second-order valence-corrected chi connectivity index (χ2v) is 6.87. The number of H-pyrrole nitrogens is 1. The van der Waals surface area contributed by atoms with Gasteiger partial charge in [0.05, 0.1) is 23.0 Å². The molecule has 2 aromatic carbocycles. The lowest BCUT2D eigenvalue weighted by molar-refractivity contribution is 0.102. The number of anilines is 1. The van der Waals surface area contributed by atoms with Crippen LogP contribution in [0.5, 0.6) is 0 Å². The van der Waals surface area contributed by atoms with Gasteiger partial charge in [-0.3, -0.25) is 9.89 Å². The van der Waals surface area contributed by atoms with Crippen LogP contribution in [0.4, 0.5) is 5.69 Å². The molecule has 27 heavy (non-hydrogen) atoms. The first kappa shape index (κ1) is 15.8. The number of fused-ring (bicyclic) bond motifs is 2. The predicted octanol–water partition coefficient (Wildman–Crippen LogP) is 4.02. The van der Waals surface area contributed by atoms with E-state index >= 15 is 0 Å². The Morgan fingerprint density at radius 1 is 1.15 bits per heavy atom. The van der Waals surface area contributed by atoms with E-state index in [1.165, 1.54) is 12.8 Å². The Morgan fingerprint density at radius 2 is 2.07 bits per heavy atom. The molecule has 134 valence electrons. The van der Waals surface area contributed by atoms with E-state index in [1.54, 1.807) is 12.3 Å². The van der Waals surface area contributed by atoms with Gasteiger partial charge < -0.3 is 9.88 Å². The van der Waals surface area contributed by atoms with Crippen molar-refractivity contribution < 1.29 is 4.79 Å². The number of aromatic nitrogens is 4. The van der Waals surface area contributed by atoms with Gasteiger partial charge in [0.2, 0.25) is 0 Å². The van der Waals surface area contributed by atoms with Crippen molar-refractivity contribution in [3.63, 3.8) is 0 Å². The summed E-state index contributed by atoms with van der Waals surface area (Å²) in [7, 11) is 0. The molecule has 6 nitrogen and oxygen atoms in total. The third-order valence-electron chi connectivity index (χ3n) is 5.05. The summed E-state index contributed by atoms with van der Waals surface area (Å²) in [6.45, 7) is 1.03. The van der Waals surface area contributed by atoms with Gasteiger partial charge in [0, 0.05) is 35.8 Å². The van der Waals surface area contributed by atoms with Crippen LogP contribution in [0.15, 0.2) is 54.9 Å². The Labute approximate surface area is 156 Å². The highest BCUT2D eigenvalue weighted by molar-refractivity contribution is 6.11. The lowest BCUT2D eigenvalue weighted by atomic mass is 10.1. The molecule has 0 saturated heterocycles. The summed E-state index contributed by atoms with van der Waals surface area (Å²) in [4.78, 5) is 17.5. The average molecular weight is 357 g/mol. The zero-order valence-corrected chi connectivity index (χ0v) is 14.8. The van der Waals surface area contributed by atoms with Gasteiger partial charge in [-0.1, -0.05) is 24.3 Å². The molecule has 0 radical (unpaired) electrons. The molecule has 2 aromatic heterocycles. The molecule has 0 aliphatic carbocycles. The van der Waals surface area contributed by atoms with E-state index in [9.17, 15) is 4.79 Å². The van der Waals surface area contributed by atoms with E-state index in [1.807, 2.05) is 36.4 Å². The first-order valence-electron chi connectivity index (χ1n) is 9.18. The molecule has 1 amide bonds. The highest BCUT2D eigenvalue weighted by Crippen LogP contribution is 2.25. The lowest BCUT2D eigenvalue weighted by Gasteiger charge is -2.11. The molecule has 3 heterocycles. The molecule has 5 rings (SSSR count). The first-order chi connectivity index (χ1) is 13.3. The van der Waals surface area contributed by atoms with E-state index in [0.29, 0.717) is 5.56 Å². The Morgan fingerprint density at radius 3 is 3.00 bits per heavy atom. The highest BCUT2D eigenvalue weighted by Gasteiger charge is 2.15. The maximum Gasteiger partial charge on any atom is 0.257 e. The summed E-state index contributed by atoms with van der Waals surface area (Å²) in [6.07, 6.45) is 7.27. The van der Waals surface area contributed by atoms with Crippen molar-refractivity contribution >= 4 is 22.5 Å². The quantitative estimate of drug-likeness (QED) is 0.581. The fourth-order valence-electron chi connectivity index (χ4n) is 3.66. The van der Waals surface area contributed by atoms with Crippen molar-refractivity contribution in [1.29, 1.82) is 0 Å². The van der Waals surface area contributed by atoms with Crippen LogP contribution in [0.25, 0.3) is 22.2 Å². The first-order valence-corrected chi connectivity index (χ1v) is 9.18. The minimum atomic E-state index is -0.161. The van der Waals surface area contributed by atoms with Crippen LogP contribution in [-0.2, 0) is 13.0 Å². The maximum absolute atomic E-state index is 12.8. The Hall–Kier alpha value is -3.41.